The third-order valence-corrected chi connectivity index (χ3v) is 6.45. The van der Waals surface area contributed by atoms with Crippen molar-refractivity contribution in [3.8, 4) is 5.75 Å². The molecule has 0 fully saturated rings. The fourth-order valence-electron chi connectivity index (χ4n) is 4.36. The molecule has 0 aromatic heterocycles. The number of benzene rings is 3. The summed E-state index contributed by atoms with van der Waals surface area (Å²) < 4.78 is 10.7. The average Bonchev–Trinajstić information content (AvgIpc) is 2.97. The number of carbonyl (C=O) groups excluding carboxylic acids is 3. The van der Waals surface area contributed by atoms with Crippen LogP contribution in [0.1, 0.15) is 38.7 Å². The maximum Gasteiger partial charge on any atom is 0.408 e. The van der Waals surface area contributed by atoms with Crippen LogP contribution >= 0.6 is 0 Å². The number of guanidine groups is 1. The molecule has 11 heteroatoms. The highest BCUT2D eigenvalue weighted by atomic mass is 16.5. The van der Waals surface area contributed by atoms with E-state index < -0.39 is 30.0 Å². The molecule has 3 aromatic carbocycles. The van der Waals surface area contributed by atoms with Gasteiger partial charge in [-0.05, 0) is 54.3 Å². The normalized spacial score (nSPS) is 12.2. The van der Waals surface area contributed by atoms with Crippen molar-refractivity contribution in [1.82, 2.24) is 10.6 Å². The van der Waals surface area contributed by atoms with Gasteiger partial charge in [0.2, 0.25) is 11.8 Å². The van der Waals surface area contributed by atoms with Gasteiger partial charge in [0, 0.05) is 17.6 Å². The van der Waals surface area contributed by atoms with Crippen molar-refractivity contribution in [1.29, 1.82) is 0 Å². The van der Waals surface area contributed by atoms with Crippen molar-refractivity contribution in [3.63, 3.8) is 0 Å². The van der Waals surface area contributed by atoms with E-state index >= 15 is 0 Å². The first-order valence-corrected chi connectivity index (χ1v) is 13.9. The number of carbonyl (C=O) groups is 3. The molecule has 0 aliphatic carbocycles. The van der Waals surface area contributed by atoms with Crippen LogP contribution in [0.25, 0.3) is 10.8 Å². The summed E-state index contributed by atoms with van der Waals surface area (Å²) in [4.78, 5) is 43.6. The number of nitrogens with two attached hydrogens (primary N) is 2. The van der Waals surface area contributed by atoms with Crippen molar-refractivity contribution in [2.24, 2.45) is 22.4 Å². The van der Waals surface area contributed by atoms with E-state index in [0.29, 0.717) is 24.3 Å². The number of nitrogens with zero attached hydrogens (tertiary/aromatic N) is 1. The topological polar surface area (TPSA) is 170 Å². The molecule has 0 aliphatic heterocycles. The number of methoxy groups -OCH3 is 1. The number of alkyl carbamates (subject to hydrolysis) is 1. The Morgan fingerprint density at radius 2 is 1.67 bits per heavy atom. The highest BCUT2D eigenvalue weighted by Crippen LogP contribution is 2.27. The minimum absolute atomic E-state index is 0.0556. The van der Waals surface area contributed by atoms with Crippen LogP contribution < -0.4 is 32.2 Å². The predicted molar refractivity (Wildman–Crippen MR) is 164 cm³/mol. The second-order valence-electron chi connectivity index (χ2n) is 10.3. The molecule has 0 saturated heterocycles. The van der Waals surface area contributed by atoms with Gasteiger partial charge in [0.15, 0.2) is 5.96 Å². The third-order valence-electron chi connectivity index (χ3n) is 6.45. The van der Waals surface area contributed by atoms with E-state index in [1.165, 1.54) is 0 Å². The summed E-state index contributed by atoms with van der Waals surface area (Å²) in [6, 6.07) is 18.5. The Morgan fingerprint density at radius 3 is 2.36 bits per heavy atom. The van der Waals surface area contributed by atoms with Gasteiger partial charge in [-0.1, -0.05) is 62.4 Å². The van der Waals surface area contributed by atoms with E-state index in [1.807, 2.05) is 74.5 Å². The Labute approximate surface area is 246 Å². The largest absolute Gasteiger partial charge is 0.497 e. The number of nitrogens with one attached hydrogen (secondary N) is 3. The van der Waals surface area contributed by atoms with Gasteiger partial charge in [0.25, 0.3) is 0 Å². The fourth-order valence-corrected chi connectivity index (χ4v) is 4.36. The van der Waals surface area contributed by atoms with E-state index in [-0.39, 0.29) is 31.4 Å². The van der Waals surface area contributed by atoms with Gasteiger partial charge in [0.1, 0.15) is 24.4 Å². The molecule has 3 rings (SSSR count). The van der Waals surface area contributed by atoms with Crippen molar-refractivity contribution in [2.75, 3.05) is 19.0 Å². The van der Waals surface area contributed by atoms with Gasteiger partial charge in [-0.15, -0.1) is 0 Å². The monoisotopic (exact) mass is 576 g/mol. The number of rotatable bonds is 14. The highest BCUT2D eigenvalue weighted by molar-refractivity contribution is 6.05. The first-order valence-electron chi connectivity index (χ1n) is 13.9. The smallest absolute Gasteiger partial charge is 0.408 e. The van der Waals surface area contributed by atoms with E-state index in [2.05, 4.69) is 20.9 Å². The van der Waals surface area contributed by atoms with E-state index in [1.54, 1.807) is 13.2 Å². The van der Waals surface area contributed by atoms with Crippen LogP contribution in [0, 0.1) is 5.92 Å². The van der Waals surface area contributed by atoms with Crippen LogP contribution in [0.3, 0.4) is 0 Å². The number of hydrogen-bond acceptors (Lipinski definition) is 6. The summed E-state index contributed by atoms with van der Waals surface area (Å²) >= 11 is 0. The lowest BCUT2D eigenvalue weighted by atomic mass is 10.0. The molecule has 0 radical (unpaired) electrons. The molecule has 0 heterocycles. The molecule has 2 atom stereocenters. The Hall–Kier alpha value is -4.80. The molecule has 224 valence electrons. The Balaban J connectivity index is 1.75. The van der Waals surface area contributed by atoms with Crippen LogP contribution in [-0.2, 0) is 20.9 Å². The van der Waals surface area contributed by atoms with Crippen LogP contribution in [0.5, 0.6) is 5.75 Å². The van der Waals surface area contributed by atoms with Crippen LogP contribution in [0.4, 0.5) is 10.5 Å². The van der Waals surface area contributed by atoms with Crippen molar-refractivity contribution in [2.45, 2.75) is 51.8 Å². The molecule has 0 spiro atoms. The number of aliphatic imine (C=N–C) groups is 1. The van der Waals surface area contributed by atoms with E-state index in [0.717, 1.165) is 16.3 Å². The zero-order valence-corrected chi connectivity index (χ0v) is 24.3. The summed E-state index contributed by atoms with van der Waals surface area (Å²) in [6.45, 7) is 4.22. The Bertz CT molecular complexity index is 1370. The lowest BCUT2D eigenvalue weighted by Gasteiger charge is -2.24. The maximum atomic E-state index is 13.5. The van der Waals surface area contributed by atoms with Gasteiger partial charge in [-0.2, -0.15) is 0 Å². The lowest BCUT2D eigenvalue weighted by Crippen LogP contribution is -2.53. The first kappa shape index (κ1) is 31.7. The van der Waals surface area contributed by atoms with Crippen molar-refractivity contribution < 1.29 is 23.9 Å². The molecule has 0 bridgehead atoms. The summed E-state index contributed by atoms with van der Waals surface area (Å²) in [5.74, 6) is -0.247. The predicted octanol–water partition coefficient (Wildman–Crippen LogP) is 3.67. The molecule has 3 amide bonds. The standard InChI is InChI=1S/C31H40N6O5/c1-20(2)17-27(37-31(40)42-19-21-9-5-4-6-10-21)29(39)36-26(13-8-16-34-30(32)33)28(38)35-25-12-7-11-22-14-15-23(41-3)18-24(22)25/h4-7,9-12,14-15,18,20,26-27H,8,13,16-17,19H2,1-3H3,(H,35,38)(H,36,39)(H,37,40)(H4,32,33,34)/t26-,27-/m0/s1. The fraction of sp³-hybridized carbons (Fsp3) is 0.355. The maximum absolute atomic E-state index is 13.5. The van der Waals surface area contributed by atoms with Gasteiger partial charge in [-0.3, -0.25) is 14.6 Å². The quantitative estimate of drug-likeness (QED) is 0.111. The Kier molecular flexibility index (Phi) is 12.0. The van der Waals surface area contributed by atoms with Crippen LogP contribution in [0.15, 0.2) is 71.7 Å². The average molecular weight is 577 g/mol. The second kappa shape index (κ2) is 15.8. The molecular weight excluding hydrogens is 536 g/mol. The van der Waals surface area contributed by atoms with Gasteiger partial charge in [-0.25, -0.2) is 4.79 Å². The number of hydrogen-bond donors (Lipinski definition) is 5. The van der Waals surface area contributed by atoms with Crippen molar-refractivity contribution >= 4 is 40.3 Å². The summed E-state index contributed by atoms with van der Waals surface area (Å²) in [7, 11) is 1.57. The third kappa shape index (κ3) is 9.99. The van der Waals surface area contributed by atoms with E-state index in [4.69, 9.17) is 20.9 Å². The van der Waals surface area contributed by atoms with Crippen molar-refractivity contribution in [3.05, 3.63) is 72.3 Å². The molecule has 0 saturated carbocycles. The number of fused-ring (bicyclic) bond motifs is 1. The summed E-state index contributed by atoms with van der Waals surface area (Å²) in [5.41, 5.74) is 12.3. The molecular formula is C31H40N6O5. The van der Waals surface area contributed by atoms with Gasteiger partial charge >= 0.3 is 6.09 Å². The highest BCUT2D eigenvalue weighted by Gasteiger charge is 2.28. The second-order valence-corrected chi connectivity index (χ2v) is 10.3. The van der Waals surface area contributed by atoms with Crippen LogP contribution in [-0.4, -0.2) is 49.6 Å². The number of amides is 3. The zero-order chi connectivity index (χ0) is 30.5. The SMILES string of the molecule is COc1ccc2cccc(NC(=O)[C@H](CCCN=C(N)N)NC(=O)[C@H](CC(C)C)NC(=O)OCc3ccccc3)c2c1. The molecule has 3 aromatic rings. The van der Waals surface area contributed by atoms with Gasteiger partial charge in [0.05, 0.1) is 7.11 Å². The summed E-state index contributed by atoms with van der Waals surface area (Å²) in [5, 5.41) is 10.1. The molecule has 11 nitrogen and oxygen atoms in total. The number of ether oxygens (including phenoxy) is 2. The first-order chi connectivity index (χ1) is 20.2. The summed E-state index contributed by atoms with van der Waals surface area (Å²) in [6.07, 6.45) is 0.312. The zero-order valence-electron chi connectivity index (χ0n) is 24.3. The van der Waals surface area contributed by atoms with Crippen LogP contribution in [0.2, 0.25) is 0 Å². The Morgan fingerprint density at radius 1 is 0.905 bits per heavy atom. The number of anilines is 1. The van der Waals surface area contributed by atoms with Gasteiger partial charge < -0.3 is 36.9 Å². The minimum Gasteiger partial charge on any atom is -0.497 e. The molecule has 42 heavy (non-hydrogen) atoms. The van der Waals surface area contributed by atoms with E-state index in [9.17, 15) is 14.4 Å². The minimum atomic E-state index is -0.927. The molecule has 0 aliphatic rings. The molecule has 7 N–H and O–H groups in total. The molecule has 0 unspecified atom stereocenters. The lowest BCUT2D eigenvalue weighted by molar-refractivity contribution is -0.128.